The molecule has 22 heavy (non-hydrogen) atoms. The molecule has 3 rings (SSSR count). The molecule has 2 aromatic rings. The molecule has 1 aliphatic rings. The third-order valence-corrected chi connectivity index (χ3v) is 3.40. The second-order valence-electron chi connectivity index (χ2n) is 4.89. The Kier molecular flexibility index (Phi) is 3.74. The molecule has 2 heterocycles. The topological polar surface area (TPSA) is 71.5 Å². The van der Waals surface area contributed by atoms with E-state index in [9.17, 15) is 9.59 Å². The predicted octanol–water partition coefficient (Wildman–Crippen LogP) is 2.08. The van der Waals surface area contributed by atoms with Gasteiger partial charge in [0.1, 0.15) is 12.4 Å². The number of hydrogen-bond acceptors (Lipinski definition) is 4. The van der Waals surface area contributed by atoms with Crippen LogP contribution in [0.25, 0.3) is 0 Å². The molecule has 1 aliphatic heterocycles. The first kappa shape index (κ1) is 14.1. The van der Waals surface area contributed by atoms with Crippen LogP contribution in [0.5, 0.6) is 5.75 Å². The number of rotatable bonds is 2. The molecule has 0 fully saturated rings. The van der Waals surface area contributed by atoms with Crippen LogP contribution in [-0.4, -0.2) is 29.9 Å². The van der Waals surface area contributed by atoms with E-state index in [1.54, 1.807) is 47.6 Å². The summed E-state index contributed by atoms with van der Waals surface area (Å²) in [6.45, 7) is 2.48. The number of hydrogen-bond donors (Lipinski definition) is 1. The molecule has 0 saturated carbocycles. The lowest BCUT2D eigenvalue weighted by molar-refractivity contribution is -0.116. The van der Waals surface area contributed by atoms with E-state index in [1.807, 2.05) is 0 Å². The van der Waals surface area contributed by atoms with Crippen molar-refractivity contribution in [2.45, 2.75) is 6.92 Å². The number of amides is 2. The standard InChI is InChI=1S/C16H15N3O3/c1-11(20)19-8-9-22-15-3-2-13(10-14(15)19)18-16(21)12-4-6-17-7-5-12/h2-7,10H,8-9H2,1H3,(H,18,21). The Morgan fingerprint density at radius 2 is 2.00 bits per heavy atom. The van der Waals surface area contributed by atoms with Crippen LogP contribution in [0.15, 0.2) is 42.7 Å². The van der Waals surface area contributed by atoms with E-state index in [0.717, 1.165) is 0 Å². The van der Waals surface area contributed by atoms with Crippen LogP contribution in [0.1, 0.15) is 17.3 Å². The highest BCUT2D eigenvalue weighted by Gasteiger charge is 2.21. The molecule has 0 bridgehead atoms. The van der Waals surface area contributed by atoms with Gasteiger partial charge in [-0.2, -0.15) is 0 Å². The molecule has 6 nitrogen and oxygen atoms in total. The molecule has 0 aliphatic carbocycles. The fourth-order valence-corrected chi connectivity index (χ4v) is 2.33. The number of fused-ring (bicyclic) bond motifs is 1. The Bertz CT molecular complexity index is 716. The summed E-state index contributed by atoms with van der Waals surface area (Å²) in [6.07, 6.45) is 3.13. The van der Waals surface area contributed by atoms with Crippen LogP contribution in [-0.2, 0) is 4.79 Å². The summed E-state index contributed by atoms with van der Waals surface area (Å²) >= 11 is 0. The van der Waals surface area contributed by atoms with Gasteiger partial charge in [0.2, 0.25) is 5.91 Å². The van der Waals surface area contributed by atoms with Crippen LogP contribution < -0.4 is 15.0 Å². The number of carbonyl (C=O) groups excluding carboxylic acids is 2. The smallest absolute Gasteiger partial charge is 0.255 e. The molecule has 0 unspecified atom stereocenters. The van der Waals surface area contributed by atoms with Gasteiger partial charge in [-0.25, -0.2) is 0 Å². The third kappa shape index (κ3) is 2.76. The van der Waals surface area contributed by atoms with Gasteiger partial charge in [0.05, 0.1) is 12.2 Å². The highest BCUT2D eigenvalue weighted by Crippen LogP contribution is 2.34. The number of aromatic nitrogens is 1. The highest BCUT2D eigenvalue weighted by atomic mass is 16.5. The minimum atomic E-state index is -0.228. The summed E-state index contributed by atoms with van der Waals surface area (Å²) in [6, 6.07) is 8.53. The van der Waals surface area contributed by atoms with E-state index in [4.69, 9.17) is 4.74 Å². The molecule has 0 spiro atoms. The molecular weight excluding hydrogens is 282 g/mol. The molecule has 0 radical (unpaired) electrons. The molecule has 112 valence electrons. The third-order valence-electron chi connectivity index (χ3n) is 3.40. The molecule has 1 aromatic carbocycles. The first-order chi connectivity index (χ1) is 10.6. The van der Waals surface area contributed by atoms with Gasteiger partial charge < -0.3 is 15.0 Å². The average molecular weight is 297 g/mol. The molecule has 1 N–H and O–H groups in total. The Balaban J connectivity index is 1.85. The maximum absolute atomic E-state index is 12.1. The summed E-state index contributed by atoms with van der Waals surface area (Å²) in [5.41, 5.74) is 1.80. The van der Waals surface area contributed by atoms with E-state index in [-0.39, 0.29) is 11.8 Å². The minimum absolute atomic E-state index is 0.0536. The lowest BCUT2D eigenvalue weighted by Gasteiger charge is -2.29. The van der Waals surface area contributed by atoms with Crippen molar-refractivity contribution < 1.29 is 14.3 Å². The number of ether oxygens (including phenoxy) is 1. The van der Waals surface area contributed by atoms with Gasteiger partial charge in [-0.1, -0.05) is 0 Å². The summed E-state index contributed by atoms with van der Waals surface area (Å²) in [7, 11) is 0. The van der Waals surface area contributed by atoms with E-state index < -0.39 is 0 Å². The Morgan fingerprint density at radius 3 is 2.73 bits per heavy atom. The van der Waals surface area contributed by atoms with E-state index in [1.165, 1.54) is 6.92 Å². The highest BCUT2D eigenvalue weighted by molar-refractivity contribution is 6.05. The van der Waals surface area contributed by atoms with E-state index in [2.05, 4.69) is 10.3 Å². The van der Waals surface area contributed by atoms with Crippen molar-refractivity contribution in [3.8, 4) is 5.75 Å². The van der Waals surface area contributed by atoms with Gasteiger partial charge in [0.25, 0.3) is 5.91 Å². The molecular formula is C16H15N3O3. The minimum Gasteiger partial charge on any atom is -0.490 e. The summed E-state index contributed by atoms with van der Waals surface area (Å²) in [4.78, 5) is 29.4. The van der Waals surface area contributed by atoms with Gasteiger partial charge in [-0.3, -0.25) is 14.6 Å². The van der Waals surface area contributed by atoms with Gasteiger partial charge in [0.15, 0.2) is 0 Å². The lowest BCUT2D eigenvalue weighted by atomic mass is 10.2. The second kappa shape index (κ2) is 5.85. The van der Waals surface area contributed by atoms with Crippen LogP contribution >= 0.6 is 0 Å². The molecule has 6 heteroatoms. The fraction of sp³-hybridized carbons (Fsp3) is 0.188. The van der Waals surface area contributed by atoms with Crippen molar-refractivity contribution in [1.82, 2.24) is 4.98 Å². The number of pyridine rings is 1. The normalized spacial score (nSPS) is 13.0. The van der Waals surface area contributed by atoms with Crippen molar-refractivity contribution in [1.29, 1.82) is 0 Å². The van der Waals surface area contributed by atoms with Gasteiger partial charge in [0, 0.05) is 30.6 Å². The van der Waals surface area contributed by atoms with Crippen LogP contribution in [0, 0.1) is 0 Å². The largest absolute Gasteiger partial charge is 0.490 e. The zero-order chi connectivity index (χ0) is 15.5. The fourth-order valence-electron chi connectivity index (χ4n) is 2.33. The van der Waals surface area contributed by atoms with Gasteiger partial charge in [-0.05, 0) is 30.3 Å². The lowest BCUT2D eigenvalue weighted by Crippen LogP contribution is -2.36. The zero-order valence-electron chi connectivity index (χ0n) is 12.1. The Labute approximate surface area is 127 Å². The quantitative estimate of drug-likeness (QED) is 0.921. The van der Waals surface area contributed by atoms with Gasteiger partial charge >= 0.3 is 0 Å². The van der Waals surface area contributed by atoms with Crippen molar-refractivity contribution in [2.75, 3.05) is 23.4 Å². The van der Waals surface area contributed by atoms with Crippen molar-refractivity contribution in [2.24, 2.45) is 0 Å². The number of anilines is 2. The van der Waals surface area contributed by atoms with Crippen molar-refractivity contribution in [3.05, 3.63) is 48.3 Å². The zero-order valence-corrected chi connectivity index (χ0v) is 12.1. The van der Waals surface area contributed by atoms with Crippen molar-refractivity contribution >= 4 is 23.2 Å². The number of nitrogens with zero attached hydrogens (tertiary/aromatic N) is 2. The number of benzene rings is 1. The van der Waals surface area contributed by atoms with Crippen LogP contribution in [0.2, 0.25) is 0 Å². The molecule has 0 saturated heterocycles. The first-order valence-corrected chi connectivity index (χ1v) is 6.91. The SMILES string of the molecule is CC(=O)N1CCOc2ccc(NC(=O)c3ccncc3)cc21. The van der Waals surface area contributed by atoms with Gasteiger partial charge in [-0.15, -0.1) is 0 Å². The van der Waals surface area contributed by atoms with Crippen LogP contribution in [0.3, 0.4) is 0 Å². The summed E-state index contributed by atoms with van der Waals surface area (Å²) < 4.78 is 5.53. The number of carbonyl (C=O) groups is 2. The monoisotopic (exact) mass is 297 g/mol. The van der Waals surface area contributed by atoms with Crippen LogP contribution in [0.4, 0.5) is 11.4 Å². The maximum Gasteiger partial charge on any atom is 0.255 e. The Morgan fingerprint density at radius 1 is 1.23 bits per heavy atom. The van der Waals surface area contributed by atoms with E-state index in [0.29, 0.717) is 35.8 Å². The first-order valence-electron chi connectivity index (χ1n) is 6.91. The Hall–Kier alpha value is -2.89. The summed E-state index contributed by atoms with van der Waals surface area (Å²) in [5, 5.41) is 2.81. The predicted molar refractivity (Wildman–Crippen MR) is 82.2 cm³/mol. The molecule has 2 amide bonds. The molecule has 1 aromatic heterocycles. The van der Waals surface area contributed by atoms with E-state index >= 15 is 0 Å². The average Bonchev–Trinajstić information content (AvgIpc) is 2.55. The second-order valence-corrected chi connectivity index (χ2v) is 4.89. The molecule has 0 atom stereocenters. The van der Waals surface area contributed by atoms with Crippen molar-refractivity contribution in [3.63, 3.8) is 0 Å². The maximum atomic E-state index is 12.1. The number of nitrogens with one attached hydrogen (secondary N) is 1. The summed E-state index contributed by atoms with van der Waals surface area (Å²) in [5.74, 6) is 0.360.